The van der Waals surface area contributed by atoms with Gasteiger partial charge in [-0.3, -0.25) is 0 Å². The van der Waals surface area contributed by atoms with Crippen LogP contribution in [-0.2, 0) is 18.4 Å². The fourth-order valence-corrected chi connectivity index (χ4v) is 3.03. The molecule has 0 aromatic rings. The first-order chi connectivity index (χ1) is 7.74. The minimum absolute atomic E-state index is 0.358. The van der Waals surface area contributed by atoms with Crippen LogP contribution in [0.1, 0.15) is 26.7 Å². The third kappa shape index (κ3) is 8.64. The van der Waals surface area contributed by atoms with Crippen molar-refractivity contribution in [1.29, 1.82) is 0 Å². The molecule has 94 valence electrons. The molecule has 0 saturated heterocycles. The molecule has 16 heavy (non-hydrogen) atoms. The maximum Gasteiger partial charge on any atom is 0.330 e. The molecular formula is C11H22O4Si. The molecule has 0 bridgehead atoms. The van der Waals surface area contributed by atoms with Crippen molar-refractivity contribution in [3.05, 3.63) is 12.7 Å². The molecular weight excluding hydrogens is 224 g/mol. The normalized spacial score (nSPS) is 10.4. The molecule has 0 saturated carbocycles. The Morgan fingerprint density at radius 2 is 1.88 bits per heavy atom. The molecule has 0 fully saturated rings. The zero-order valence-electron chi connectivity index (χ0n) is 10.2. The van der Waals surface area contributed by atoms with Crippen LogP contribution in [0, 0.1) is 0 Å². The first-order valence-electron chi connectivity index (χ1n) is 5.77. The number of carbonyl (C=O) groups is 1. The van der Waals surface area contributed by atoms with Crippen molar-refractivity contribution in [3.8, 4) is 0 Å². The van der Waals surface area contributed by atoms with Gasteiger partial charge in [0.15, 0.2) is 0 Å². The molecule has 0 aromatic heterocycles. The van der Waals surface area contributed by atoms with Crippen LogP contribution in [0.2, 0.25) is 6.04 Å². The lowest BCUT2D eigenvalue weighted by atomic mass is 10.4. The summed E-state index contributed by atoms with van der Waals surface area (Å²) in [7, 11) is -1.47. The molecule has 0 spiro atoms. The lowest BCUT2D eigenvalue weighted by Crippen LogP contribution is -2.22. The second-order valence-electron chi connectivity index (χ2n) is 3.21. The summed E-state index contributed by atoms with van der Waals surface area (Å²) in [4.78, 5) is 10.7. The number of hydrogen-bond acceptors (Lipinski definition) is 4. The molecule has 0 unspecified atom stereocenters. The summed E-state index contributed by atoms with van der Waals surface area (Å²) in [6.07, 6.45) is 3.00. The van der Waals surface area contributed by atoms with Gasteiger partial charge >= 0.3 is 15.3 Å². The summed E-state index contributed by atoms with van der Waals surface area (Å²) in [5, 5.41) is 0. The summed E-state index contributed by atoms with van der Waals surface area (Å²) < 4.78 is 15.9. The van der Waals surface area contributed by atoms with Gasteiger partial charge in [0.2, 0.25) is 0 Å². The van der Waals surface area contributed by atoms with Gasteiger partial charge in [-0.25, -0.2) is 4.79 Å². The highest BCUT2D eigenvalue weighted by molar-refractivity contribution is 6.44. The van der Waals surface area contributed by atoms with Crippen LogP contribution < -0.4 is 0 Å². The number of hydrogen-bond donors (Lipinski definition) is 0. The average molecular weight is 246 g/mol. The smallest absolute Gasteiger partial charge is 0.330 e. The van der Waals surface area contributed by atoms with E-state index < -0.39 is 9.28 Å². The van der Waals surface area contributed by atoms with E-state index in [1.54, 1.807) is 0 Å². The molecule has 0 aliphatic rings. The van der Waals surface area contributed by atoms with E-state index >= 15 is 0 Å². The molecule has 0 N–H and O–H groups in total. The van der Waals surface area contributed by atoms with Crippen molar-refractivity contribution in [2.45, 2.75) is 32.7 Å². The fourth-order valence-electron chi connectivity index (χ4n) is 1.23. The topological polar surface area (TPSA) is 44.8 Å². The van der Waals surface area contributed by atoms with E-state index in [1.807, 2.05) is 13.8 Å². The molecule has 0 aliphatic carbocycles. The number of unbranched alkanes of at least 4 members (excludes halogenated alkanes) is 1. The Morgan fingerprint density at radius 3 is 2.38 bits per heavy atom. The van der Waals surface area contributed by atoms with Gasteiger partial charge in [0.1, 0.15) is 0 Å². The lowest BCUT2D eigenvalue weighted by Gasteiger charge is -2.14. The zero-order valence-corrected chi connectivity index (χ0v) is 11.4. The molecule has 5 heteroatoms. The van der Waals surface area contributed by atoms with Gasteiger partial charge in [0.25, 0.3) is 0 Å². The van der Waals surface area contributed by atoms with Crippen molar-refractivity contribution in [1.82, 2.24) is 0 Å². The molecule has 0 rings (SSSR count). The highest BCUT2D eigenvalue weighted by Crippen LogP contribution is 2.05. The second kappa shape index (κ2) is 10.9. The van der Waals surface area contributed by atoms with E-state index in [4.69, 9.17) is 13.6 Å². The fraction of sp³-hybridized carbons (Fsp3) is 0.727. The first-order valence-corrected chi connectivity index (χ1v) is 7.52. The van der Waals surface area contributed by atoms with Crippen LogP contribution in [0.25, 0.3) is 0 Å². The third-order valence-corrected chi connectivity index (χ3v) is 4.24. The highest BCUT2D eigenvalue weighted by atomic mass is 28.3. The highest BCUT2D eigenvalue weighted by Gasteiger charge is 2.11. The van der Waals surface area contributed by atoms with E-state index in [0.29, 0.717) is 19.8 Å². The van der Waals surface area contributed by atoms with Gasteiger partial charge in [-0.2, -0.15) is 0 Å². The van der Waals surface area contributed by atoms with Gasteiger partial charge in [-0.05, 0) is 32.7 Å². The Balaban J connectivity index is 3.46. The van der Waals surface area contributed by atoms with Crippen molar-refractivity contribution in [2.24, 2.45) is 0 Å². The summed E-state index contributed by atoms with van der Waals surface area (Å²) in [6.45, 7) is 9.15. The average Bonchev–Trinajstić information content (AvgIpc) is 2.28. The standard InChI is InChI=1S/C11H22O4Si/c1-4-11(12)13-9-7-8-10-16(14-5-2)15-6-3/h4,16H,1,5-10H2,2-3H3. The van der Waals surface area contributed by atoms with Crippen LogP contribution in [-0.4, -0.2) is 35.1 Å². The van der Waals surface area contributed by atoms with Crippen molar-refractivity contribution >= 4 is 15.3 Å². The second-order valence-corrected chi connectivity index (χ2v) is 5.31. The molecule has 0 aromatic carbocycles. The Labute approximate surface area is 99.4 Å². The van der Waals surface area contributed by atoms with Crippen molar-refractivity contribution < 1.29 is 18.4 Å². The number of esters is 1. The quantitative estimate of drug-likeness (QED) is 0.255. The van der Waals surface area contributed by atoms with E-state index in [1.165, 1.54) is 6.08 Å². The zero-order chi connectivity index (χ0) is 12.2. The summed E-state index contributed by atoms with van der Waals surface area (Å²) >= 11 is 0. The largest absolute Gasteiger partial charge is 0.463 e. The minimum atomic E-state index is -1.47. The number of rotatable bonds is 10. The van der Waals surface area contributed by atoms with Crippen LogP contribution in [0.15, 0.2) is 12.7 Å². The predicted molar refractivity (Wildman–Crippen MR) is 65.6 cm³/mol. The van der Waals surface area contributed by atoms with Crippen LogP contribution in [0.3, 0.4) is 0 Å². The lowest BCUT2D eigenvalue weighted by molar-refractivity contribution is -0.137. The van der Waals surface area contributed by atoms with Crippen LogP contribution in [0.5, 0.6) is 0 Å². The van der Waals surface area contributed by atoms with E-state index in [0.717, 1.165) is 18.9 Å². The Kier molecular flexibility index (Phi) is 10.4. The van der Waals surface area contributed by atoms with Crippen molar-refractivity contribution in [2.75, 3.05) is 19.8 Å². The van der Waals surface area contributed by atoms with Crippen LogP contribution in [0.4, 0.5) is 0 Å². The van der Waals surface area contributed by atoms with Gasteiger partial charge in [-0.15, -0.1) is 0 Å². The summed E-state index contributed by atoms with van der Waals surface area (Å²) in [5.41, 5.74) is 0. The molecule has 0 radical (unpaired) electrons. The van der Waals surface area contributed by atoms with Gasteiger partial charge < -0.3 is 13.6 Å². The van der Waals surface area contributed by atoms with E-state index in [9.17, 15) is 4.79 Å². The number of ether oxygens (including phenoxy) is 1. The van der Waals surface area contributed by atoms with Crippen LogP contribution >= 0.6 is 0 Å². The van der Waals surface area contributed by atoms with Gasteiger partial charge in [0, 0.05) is 19.3 Å². The van der Waals surface area contributed by atoms with E-state index in [-0.39, 0.29) is 5.97 Å². The van der Waals surface area contributed by atoms with Crippen molar-refractivity contribution in [3.63, 3.8) is 0 Å². The van der Waals surface area contributed by atoms with E-state index in [2.05, 4.69) is 6.58 Å². The van der Waals surface area contributed by atoms with Gasteiger partial charge in [-0.1, -0.05) is 6.58 Å². The first kappa shape index (κ1) is 15.3. The monoisotopic (exact) mass is 246 g/mol. The maximum absolute atomic E-state index is 10.7. The maximum atomic E-state index is 10.7. The molecule has 0 heterocycles. The molecule has 0 atom stereocenters. The van der Waals surface area contributed by atoms with Gasteiger partial charge in [0.05, 0.1) is 6.61 Å². The number of carbonyl (C=O) groups excluding carboxylic acids is 1. The summed E-state index contributed by atoms with van der Waals surface area (Å²) in [5.74, 6) is -0.358. The Morgan fingerprint density at radius 1 is 1.25 bits per heavy atom. The minimum Gasteiger partial charge on any atom is -0.463 e. The Hall–Kier alpha value is -0.653. The molecule has 0 aliphatic heterocycles. The predicted octanol–water partition coefficient (Wildman–Crippen LogP) is 1.79. The SMILES string of the molecule is C=CC(=O)OCCCC[SiH](OCC)OCC. The molecule has 4 nitrogen and oxygen atoms in total. The third-order valence-electron chi connectivity index (χ3n) is 1.95. The molecule has 0 amide bonds. The summed E-state index contributed by atoms with van der Waals surface area (Å²) in [6, 6.07) is 0.966. The Bertz CT molecular complexity index is 190.